The Kier molecular flexibility index (Phi) is 4.94. The van der Waals surface area contributed by atoms with E-state index in [1.165, 1.54) is 9.13 Å². The van der Waals surface area contributed by atoms with Crippen molar-refractivity contribution in [3.8, 4) is 6.07 Å². The van der Waals surface area contributed by atoms with E-state index in [9.17, 15) is 0 Å². The Morgan fingerprint density at radius 1 is 1.21 bits per heavy atom. The van der Waals surface area contributed by atoms with Gasteiger partial charge in [0.1, 0.15) is 0 Å². The molecule has 3 heteroatoms. The van der Waals surface area contributed by atoms with Gasteiger partial charge in [0, 0.05) is 16.2 Å². The van der Waals surface area contributed by atoms with Crippen LogP contribution in [0.25, 0.3) is 0 Å². The van der Waals surface area contributed by atoms with Gasteiger partial charge < -0.3 is 5.32 Å². The number of halogens is 1. The van der Waals surface area contributed by atoms with Crippen LogP contribution in [0.1, 0.15) is 29.7 Å². The molecule has 0 saturated heterocycles. The molecule has 0 spiro atoms. The maximum absolute atomic E-state index is 8.87. The molecule has 2 rings (SSSR count). The molecule has 0 bridgehead atoms. The number of rotatable bonds is 4. The summed E-state index contributed by atoms with van der Waals surface area (Å²) in [5, 5.41) is 12.3. The number of hydrogen-bond acceptors (Lipinski definition) is 2. The fourth-order valence-electron chi connectivity index (χ4n) is 1.89. The Morgan fingerprint density at radius 3 is 2.63 bits per heavy atom. The monoisotopic (exact) mass is 362 g/mol. The molecule has 1 N–H and O–H groups in total. The fraction of sp³-hybridized carbons (Fsp3) is 0.188. The first-order chi connectivity index (χ1) is 9.19. The summed E-state index contributed by atoms with van der Waals surface area (Å²) in [6, 6.07) is 18.7. The van der Waals surface area contributed by atoms with Crippen LogP contribution in [0.5, 0.6) is 0 Å². The molecule has 2 aromatic carbocycles. The normalized spacial score (nSPS) is 11.8. The maximum Gasteiger partial charge on any atom is 0.0991 e. The number of nitrogens with zero attached hydrogens (tertiary/aromatic N) is 1. The lowest BCUT2D eigenvalue weighted by Crippen LogP contribution is -2.18. The molecule has 1 atom stereocenters. The van der Waals surface area contributed by atoms with Gasteiger partial charge in [-0.25, -0.2) is 0 Å². The molecular weight excluding hydrogens is 347 g/mol. The van der Waals surface area contributed by atoms with E-state index >= 15 is 0 Å². The Bertz CT molecular complexity index is 584. The van der Waals surface area contributed by atoms with Crippen LogP contribution in [0.2, 0.25) is 0 Å². The molecule has 0 aliphatic rings. The predicted molar refractivity (Wildman–Crippen MR) is 85.6 cm³/mol. The maximum atomic E-state index is 8.87. The largest absolute Gasteiger partial charge is 0.306 e. The SMILES string of the molecule is CC(NCc1cccc(C#N)c1)c1ccc(I)cc1. The second-order valence-electron chi connectivity index (χ2n) is 4.47. The van der Waals surface area contributed by atoms with Gasteiger partial charge in [0.2, 0.25) is 0 Å². The van der Waals surface area contributed by atoms with Crippen molar-refractivity contribution >= 4 is 22.6 Å². The van der Waals surface area contributed by atoms with Crippen molar-refractivity contribution in [3.05, 3.63) is 68.8 Å². The van der Waals surface area contributed by atoms with Gasteiger partial charge in [0.05, 0.1) is 11.6 Å². The number of benzene rings is 2. The molecule has 0 heterocycles. The summed E-state index contributed by atoms with van der Waals surface area (Å²) in [4.78, 5) is 0. The summed E-state index contributed by atoms with van der Waals surface area (Å²) in [6.07, 6.45) is 0. The summed E-state index contributed by atoms with van der Waals surface area (Å²) in [7, 11) is 0. The number of hydrogen-bond donors (Lipinski definition) is 1. The minimum Gasteiger partial charge on any atom is -0.306 e. The third-order valence-corrected chi connectivity index (χ3v) is 3.76. The average Bonchev–Trinajstić information content (AvgIpc) is 2.46. The fourth-order valence-corrected chi connectivity index (χ4v) is 2.25. The summed E-state index contributed by atoms with van der Waals surface area (Å²) in [5.74, 6) is 0. The zero-order chi connectivity index (χ0) is 13.7. The Hall–Kier alpha value is -1.38. The average molecular weight is 362 g/mol. The predicted octanol–water partition coefficient (Wildman–Crippen LogP) is 4.01. The van der Waals surface area contributed by atoms with Crippen LogP contribution in [0, 0.1) is 14.9 Å². The molecule has 0 aromatic heterocycles. The van der Waals surface area contributed by atoms with Gasteiger partial charge in [0.25, 0.3) is 0 Å². The summed E-state index contributed by atoms with van der Waals surface area (Å²) in [5.41, 5.74) is 3.12. The molecule has 0 amide bonds. The van der Waals surface area contributed by atoms with Gasteiger partial charge in [-0.2, -0.15) is 5.26 Å². The van der Waals surface area contributed by atoms with Crippen LogP contribution in [0.4, 0.5) is 0 Å². The van der Waals surface area contributed by atoms with Crippen molar-refractivity contribution in [1.29, 1.82) is 5.26 Å². The Balaban J connectivity index is 1.98. The van der Waals surface area contributed by atoms with Gasteiger partial charge in [-0.15, -0.1) is 0 Å². The van der Waals surface area contributed by atoms with E-state index in [2.05, 4.69) is 65.2 Å². The van der Waals surface area contributed by atoms with Crippen LogP contribution in [0.3, 0.4) is 0 Å². The highest BCUT2D eigenvalue weighted by atomic mass is 127. The first-order valence-corrected chi connectivity index (χ1v) is 7.25. The highest BCUT2D eigenvalue weighted by Gasteiger charge is 2.04. The van der Waals surface area contributed by atoms with Crippen LogP contribution < -0.4 is 5.32 Å². The van der Waals surface area contributed by atoms with Crippen LogP contribution in [0.15, 0.2) is 48.5 Å². The molecule has 96 valence electrons. The number of nitriles is 1. The van der Waals surface area contributed by atoms with Crippen LogP contribution in [-0.2, 0) is 6.54 Å². The van der Waals surface area contributed by atoms with E-state index in [1.807, 2.05) is 24.3 Å². The minimum absolute atomic E-state index is 0.294. The Labute approximate surface area is 127 Å². The third kappa shape index (κ3) is 4.05. The lowest BCUT2D eigenvalue weighted by molar-refractivity contribution is 0.574. The standard InChI is InChI=1S/C16H15IN2/c1-12(15-5-7-16(17)8-6-15)19-11-14-4-2-3-13(9-14)10-18/h2-9,12,19H,11H2,1H3. The molecule has 0 saturated carbocycles. The lowest BCUT2D eigenvalue weighted by Gasteiger charge is -2.14. The van der Waals surface area contributed by atoms with Gasteiger partial charge in [-0.05, 0) is 64.9 Å². The van der Waals surface area contributed by atoms with Gasteiger partial charge >= 0.3 is 0 Å². The van der Waals surface area contributed by atoms with Crippen molar-refractivity contribution in [3.63, 3.8) is 0 Å². The quantitative estimate of drug-likeness (QED) is 0.835. The first kappa shape index (κ1) is 14.0. The smallest absolute Gasteiger partial charge is 0.0991 e. The number of nitrogens with one attached hydrogen (secondary N) is 1. The molecule has 1 unspecified atom stereocenters. The molecule has 0 aliphatic carbocycles. The van der Waals surface area contributed by atoms with Gasteiger partial charge in [-0.3, -0.25) is 0 Å². The molecule has 0 fully saturated rings. The third-order valence-electron chi connectivity index (χ3n) is 3.04. The Morgan fingerprint density at radius 2 is 1.95 bits per heavy atom. The summed E-state index contributed by atoms with van der Waals surface area (Å²) >= 11 is 2.31. The first-order valence-electron chi connectivity index (χ1n) is 6.17. The van der Waals surface area contributed by atoms with Gasteiger partial charge in [-0.1, -0.05) is 24.3 Å². The summed E-state index contributed by atoms with van der Waals surface area (Å²) in [6.45, 7) is 2.92. The zero-order valence-corrected chi connectivity index (χ0v) is 12.9. The molecular formula is C16H15IN2. The molecule has 2 aromatic rings. The van der Waals surface area contributed by atoms with Crippen LogP contribution >= 0.6 is 22.6 Å². The second kappa shape index (κ2) is 6.69. The highest BCUT2D eigenvalue weighted by molar-refractivity contribution is 14.1. The minimum atomic E-state index is 0.294. The molecule has 0 aliphatic heterocycles. The van der Waals surface area contributed by atoms with E-state index in [0.29, 0.717) is 11.6 Å². The van der Waals surface area contributed by atoms with E-state index in [1.54, 1.807) is 0 Å². The van der Waals surface area contributed by atoms with Gasteiger partial charge in [0.15, 0.2) is 0 Å². The lowest BCUT2D eigenvalue weighted by atomic mass is 10.1. The second-order valence-corrected chi connectivity index (χ2v) is 5.71. The van der Waals surface area contributed by atoms with E-state index in [0.717, 1.165) is 12.1 Å². The van der Waals surface area contributed by atoms with E-state index in [4.69, 9.17) is 5.26 Å². The van der Waals surface area contributed by atoms with Crippen LogP contribution in [-0.4, -0.2) is 0 Å². The topological polar surface area (TPSA) is 35.8 Å². The van der Waals surface area contributed by atoms with Crippen molar-refractivity contribution in [1.82, 2.24) is 5.32 Å². The van der Waals surface area contributed by atoms with E-state index < -0.39 is 0 Å². The zero-order valence-electron chi connectivity index (χ0n) is 10.7. The van der Waals surface area contributed by atoms with Crippen molar-refractivity contribution in [2.45, 2.75) is 19.5 Å². The molecule has 2 nitrogen and oxygen atoms in total. The highest BCUT2D eigenvalue weighted by Crippen LogP contribution is 2.15. The van der Waals surface area contributed by atoms with Crippen molar-refractivity contribution in [2.24, 2.45) is 0 Å². The van der Waals surface area contributed by atoms with Crippen molar-refractivity contribution in [2.75, 3.05) is 0 Å². The summed E-state index contributed by atoms with van der Waals surface area (Å²) < 4.78 is 1.25. The van der Waals surface area contributed by atoms with Crippen molar-refractivity contribution < 1.29 is 0 Å². The molecule has 0 radical (unpaired) electrons. The molecule has 19 heavy (non-hydrogen) atoms. The van der Waals surface area contributed by atoms with E-state index in [-0.39, 0.29) is 0 Å².